The van der Waals surface area contributed by atoms with Gasteiger partial charge in [-0.3, -0.25) is 4.90 Å². The average Bonchev–Trinajstić information content (AvgIpc) is 2.91. The fourth-order valence-electron chi connectivity index (χ4n) is 3.90. The first-order valence-electron chi connectivity index (χ1n) is 7.31. The number of rotatable bonds is 2. The minimum Gasteiger partial charge on any atom is -0.328 e. The molecule has 0 aromatic heterocycles. The molecule has 1 saturated heterocycles. The van der Waals surface area contributed by atoms with E-state index in [1.165, 1.54) is 56.3 Å². The molecule has 0 spiro atoms. The largest absolute Gasteiger partial charge is 0.328 e. The summed E-state index contributed by atoms with van der Waals surface area (Å²) in [5.74, 6) is 0. The summed E-state index contributed by atoms with van der Waals surface area (Å²) in [5.41, 5.74) is 10.8. The first-order valence-corrected chi connectivity index (χ1v) is 7.31. The predicted molar refractivity (Wildman–Crippen MR) is 75.7 cm³/mol. The molecule has 1 unspecified atom stereocenters. The molecule has 1 aliphatic heterocycles. The number of hydrogen-bond donors (Lipinski definition) is 1. The zero-order valence-corrected chi connectivity index (χ0v) is 11.4. The van der Waals surface area contributed by atoms with Gasteiger partial charge in [0.1, 0.15) is 0 Å². The van der Waals surface area contributed by atoms with Crippen LogP contribution in [0.1, 0.15) is 42.4 Å². The normalized spacial score (nSPS) is 28.3. The van der Waals surface area contributed by atoms with E-state index in [2.05, 4.69) is 30.0 Å². The van der Waals surface area contributed by atoms with E-state index < -0.39 is 0 Å². The van der Waals surface area contributed by atoms with Crippen molar-refractivity contribution < 1.29 is 0 Å². The Labute approximate surface area is 110 Å². The van der Waals surface area contributed by atoms with Crippen LogP contribution in [-0.4, -0.2) is 24.5 Å². The Bertz CT molecular complexity index is 435. The minimum absolute atomic E-state index is 0.137. The number of hydrogen-bond acceptors (Lipinski definition) is 2. The van der Waals surface area contributed by atoms with Crippen LogP contribution in [0.5, 0.6) is 0 Å². The Morgan fingerprint density at radius 2 is 2.00 bits per heavy atom. The second-order valence-corrected chi connectivity index (χ2v) is 5.94. The van der Waals surface area contributed by atoms with Crippen molar-refractivity contribution in [2.24, 2.45) is 5.73 Å². The summed E-state index contributed by atoms with van der Waals surface area (Å²) < 4.78 is 0. The SMILES string of the molecule is Cc1ccc2c(c1)CCCC2(CN)N1CCCC1. The van der Waals surface area contributed by atoms with Crippen LogP contribution < -0.4 is 5.73 Å². The Morgan fingerprint density at radius 3 is 2.72 bits per heavy atom. The van der Waals surface area contributed by atoms with Crippen LogP contribution >= 0.6 is 0 Å². The molecular weight excluding hydrogens is 220 g/mol. The van der Waals surface area contributed by atoms with Crippen molar-refractivity contribution >= 4 is 0 Å². The molecule has 0 bridgehead atoms. The molecule has 0 saturated carbocycles. The number of likely N-dealkylation sites (tertiary alicyclic amines) is 1. The molecule has 18 heavy (non-hydrogen) atoms. The quantitative estimate of drug-likeness (QED) is 0.866. The highest BCUT2D eigenvalue weighted by atomic mass is 15.2. The molecule has 2 N–H and O–H groups in total. The van der Waals surface area contributed by atoms with E-state index in [1.807, 2.05) is 0 Å². The lowest BCUT2D eigenvalue weighted by Crippen LogP contribution is -2.51. The van der Waals surface area contributed by atoms with Gasteiger partial charge < -0.3 is 5.73 Å². The molecule has 2 nitrogen and oxygen atoms in total. The van der Waals surface area contributed by atoms with Crippen LogP contribution in [0.15, 0.2) is 18.2 Å². The number of fused-ring (bicyclic) bond motifs is 1. The molecule has 1 fully saturated rings. The van der Waals surface area contributed by atoms with Gasteiger partial charge in [-0.25, -0.2) is 0 Å². The molecule has 1 aromatic carbocycles. The first kappa shape index (κ1) is 12.2. The van der Waals surface area contributed by atoms with Crippen LogP contribution in [0.25, 0.3) is 0 Å². The number of aryl methyl sites for hydroxylation is 2. The van der Waals surface area contributed by atoms with Gasteiger partial charge in [-0.05, 0) is 63.2 Å². The summed E-state index contributed by atoms with van der Waals surface area (Å²) >= 11 is 0. The topological polar surface area (TPSA) is 29.3 Å². The molecule has 2 aliphatic rings. The van der Waals surface area contributed by atoms with Gasteiger partial charge >= 0.3 is 0 Å². The Morgan fingerprint density at radius 1 is 1.22 bits per heavy atom. The van der Waals surface area contributed by atoms with E-state index in [-0.39, 0.29) is 5.54 Å². The smallest absolute Gasteiger partial charge is 0.0586 e. The zero-order valence-electron chi connectivity index (χ0n) is 11.4. The van der Waals surface area contributed by atoms with E-state index in [4.69, 9.17) is 5.73 Å². The standard InChI is InChI=1S/C16H24N2/c1-13-6-7-15-14(11-13)5-4-8-16(15,12-17)18-9-2-3-10-18/h6-7,11H,2-5,8-10,12,17H2,1H3. The summed E-state index contributed by atoms with van der Waals surface area (Å²) in [6.45, 7) is 5.41. The van der Waals surface area contributed by atoms with E-state index in [1.54, 1.807) is 5.56 Å². The summed E-state index contributed by atoms with van der Waals surface area (Å²) in [6, 6.07) is 6.97. The third-order valence-electron chi connectivity index (χ3n) is 4.85. The van der Waals surface area contributed by atoms with Gasteiger partial charge in [-0.1, -0.05) is 23.8 Å². The monoisotopic (exact) mass is 244 g/mol. The van der Waals surface area contributed by atoms with Crippen LogP contribution in [-0.2, 0) is 12.0 Å². The third kappa shape index (κ3) is 1.79. The molecule has 1 aliphatic carbocycles. The fraction of sp³-hybridized carbons (Fsp3) is 0.625. The van der Waals surface area contributed by atoms with Crippen molar-refractivity contribution in [3.05, 3.63) is 34.9 Å². The second kappa shape index (κ2) is 4.67. The summed E-state index contributed by atoms with van der Waals surface area (Å²) in [4.78, 5) is 2.65. The maximum Gasteiger partial charge on any atom is 0.0586 e. The number of nitrogens with two attached hydrogens (primary N) is 1. The molecule has 3 rings (SSSR count). The van der Waals surface area contributed by atoms with Gasteiger partial charge in [0.25, 0.3) is 0 Å². The lowest BCUT2D eigenvalue weighted by molar-refractivity contribution is 0.102. The van der Waals surface area contributed by atoms with Crippen molar-refractivity contribution in [3.8, 4) is 0 Å². The van der Waals surface area contributed by atoms with E-state index >= 15 is 0 Å². The lowest BCUT2D eigenvalue weighted by atomic mass is 9.75. The van der Waals surface area contributed by atoms with Crippen molar-refractivity contribution in [1.29, 1.82) is 0 Å². The van der Waals surface area contributed by atoms with Gasteiger partial charge in [-0.15, -0.1) is 0 Å². The third-order valence-corrected chi connectivity index (χ3v) is 4.85. The molecule has 1 aromatic rings. The minimum atomic E-state index is 0.137. The molecule has 0 amide bonds. The Kier molecular flexibility index (Phi) is 3.16. The van der Waals surface area contributed by atoms with Gasteiger partial charge in [0, 0.05) is 6.54 Å². The van der Waals surface area contributed by atoms with Gasteiger partial charge in [-0.2, -0.15) is 0 Å². The molecule has 2 heteroatoms. The van der Waals surface area contributed by atoms with Crippen LogP contribution in [0.4, 0.5) is 0 Å². The molecule has 1 atom stereocenters. The lowest BCUT2D eigenvalue weighted by Gasteiger charge is -2.45. The highest BCUT2D eigenvalue weighted by molar-refractivity contribution is 5.39. The summed E-state index contributed by atoms with van der Waals surface area (Å²) in [6.07, 6.45) is 6.42. The highest BCUT2D eigenvalue weighted by Gasteiger charge is 2.41. The van der Waals surface area contributed by atoms with Crippen LogP contribution in [0.2, 0.25) is 0 Å². The first-order chi connectivity index (χ1) is 8.76. The number of benzene rings is 1. The van der Waals surface area contributed by atoms with E-state index in [9.17, 15) is 0 Å². The highest BCUT2D eigenvalue weighted by Crippen LogP contribution is 2.41. The van der Waals surface area contributed by atoms with Gasteiger partial charge in [0.2, 0.25) is 0 Å². The van der Waals surface area contributed by atoms with Gasteiger partial charge in [0.05, 0.1) is 5.54 Å². The fourth-order valence-corrected chi connectivity index (χ4v) is 3.90. The molecule has 0 radical (unpaired) electrons. The number of nitrogens with zero attached hydrogens (tertiary/aromatic N) is 1. The maximum atomic E-state index is 6.23. The summed E-state index contributed by atoms with van der Waals surface area (Å²) in [7, 11) is 0. The second-order valence-electron chi connectivity index (χ2n) is 5.94. The zero-order chi connectivity index (χ0) is 12.6. The van der Waals surface area contributed by atoms with Gasteiger partial charge in [0.15, 0.2) is 0 Å². The van der Waals surface area contributed by atoms with Crippen LogP contribution in [0, 0.1) is 6.92 Å². The summed E-state index contributed by atoms with van der Waals surface area (Å²) in [5, 5.41) is 0. The van der Waals surface area contributed by atoms with Crippen molar-refractivity contribution in [2.45, 2.75) is 44.6 Å². The van der Waals surface area contributed by atoms with E-state index in [0.717, 1.165) is 6.54 Å². The van der Waals surface area contributed by atoms with Crippen molar-refractivity contribution in [3.63, 3.8) is 0 Å². The van der Waals surface area contributed by atoms with E-state index in [0.29, 0.717) is 0 Å². The molecular formula is C16H24N2. The molecule has 98 valence electrons. The maximum absolute atomic E-state index is 6.23. The Balaban J connectivity index is 2.06. The van der Waals surface area contributed by atoms with Crippen molar-refractivity contribution in [1.82, 2.24) is 4.90 Å². The Hall–Kier alpha value is -0.860. The predicted octanol–water partition coefficient (Wildman–Crippen LogP) is 2.58. The van der Waals surface area contributed by atoms with Crippen LogP contribution in [0.3, 0.4) is 0 Å². The molecule has 1 heterocycles. The average molecular weight is 244 g/mol. The van der Waals surface area contributed by atoms with Crippen molar-refractivity contribution in [2.75, 3.05) is 19.6 Å².